The molecule has 8 heteroatoms. The molecule has 0 radical (unpaired) electrons. The van der Waals surface area contributed by atoms with Gasteiger partial charge in [-0.1, -0.05) is 41.3 Å². The Bertz CT molecular complexity index is 1220. The van der Waals surface area contributed by atoms with E-state index in [-0.39, 0.29) is 13.2 Å². The third-order valence-electron chi connectivity index (χ3n) is 5.22. The predicted octanol–water partition coefficient (Wildman–Crippen LogP) is 4.21. The van der Waals surface area contributed by atoms with Gasteiger partial charge in [0, 0.05) is 29.6 Å². The summed E-state index contributed by atoms with van der Waals surface area (Å²) in [5.74, 6) is 1.64. The number of β-amino-alcohol motifs (C(OH)–C–C–N with tert-alkyl or cyclic N) is 1. The van der Waals surface area contributed by atoms with E-state index >= 15 is 0 Å². The van der Waals surface area contributed by atoms with Crippen molar-refractivity contribution in [1.29, 1.82) is 0 Å². The third-order valence-corrected chi connectivity index (χ3v) is 7.45. The van der Waals surface area contributed by atoms with Crippen LogP contribution in [0.25, 0.3) is 16.3 Å². The quantitative estimate of drug-likeness (QED) is 0.351. The lowest BCUT2D eigenvalue weighted by Crippen LogP contribution is -2.36. The summed E-state index contributed by atoms with van der Waals surface area (Å²) in [6.07, 6.45) is 10.1. The molecule has 2 aromatic carbocycles. The summed E-state index contributed by atoms with van der Waals surface area (Å²) in [5, 5.41) is 21.1. The van der Waals surface area contributed by atoms with Gasteiger partial charge in [-0.15, -0.1) is 0 Å². The van der Waals surface area contributed by atoms with Crippen molar-refractivity contribution < 1.29 is 24.3 Å². The molecule has 1 aromatic heterocycles. The molecule has 0 fully saturated rings. The Morgan fingerprint density at radius 2 is 1.76 bits per heavy atom. The number of aliphatic hydroxyl groups is 2. The summed E-state index contributed by atoms with van der Waals surface area (Å²) in [6, 6.07) is 12.0. The zero-order valence-corrected chi connectivity index (χ0v) is 20.2. The molecule has 0 amide bonds. The molecular formula is C25H27N2O4S2+. The molecule has 0 unspecified atom stereocenters. The first kappa shape index (κ1) is 23.4. The number of aromatic nitrogens is 1. The van der Waals surface area contributed by atoms with E-state index in [1.165, 1.54) is 0 Å². The average molecular weight is 484 g/mol. The fourth-order valence-corrected chi connectivity index (χ4v) is 5.93. The number of rotatable bonds is 9. The maximum absolute atomic E-state index is 9.51. The highest BCUT2D eigenvalue weighted by atomic mass is 32.2. The van der Waals surface area contributed by atoms with E-state index in [1.807, 2.05) is 54.6 Å². The molecule has 0 saturated heterocycles. The number of fused-ring (bicyclic) bond motifs is 2. The second-order valence-corrected chi connectivity index (χ2v) is 9.33. The monoisotopic (exact) mass is 483 g/mol. The molecule has 172 valence electrons. The van der Waals surface area contributed by atoms with Gasteiger partial charge in [-0.2, -0.15) is 4.57 Å². The molecule has 33 heavy (non-hydrogen) atoms. The van der Waals surface area contributed by atoms with E-state index in [1.54, 1.807) is 37.3 Å². The number of thioether (sulfide) groups is 1. The summed E-state index contributed by atoms with van der Waals surface area (Å²) in [4.78, 5) is 3.23. The molecule has 3 aromatic rings. The van der Waals surface area contributed by atoms with Crippen LogP contribution >= 0.6 is 23.1 Å². The lowest BCUT2D eigenvalue weighted by molar-refractivity contribution is -0.670. The number of methoxy groups -OCH3 is 2. The zero-order valence-electron chi connectivity index (χ0n) is 18.6. The summed E-state index contributed by atoms with van der Waals surface area (Å²) in [6.45, 7) is 1.23. The van der Waals surface area contributed by atoms with E-state index in [4.69, 9.17) is 9.47 Å². The molecule has 0 saturated carbocycles. The maximum atomic E-state index is 9.51. The molecule has 4 rings (SSSR count). The molecule has 0 atom stereocenters. The number of ether oxygens (including phenoxy) is 2. The van der Waals surface area contributed by atoms with Crippen molar-refractivity contribution in [2.24, 2.45) is 0 Å². The van der Waals surface area contributed by atoms with Crippen LogP contribution in [0.3, 0.4) is 0 Å². The first-order valence-corrected chi connectivity index (χ1v) is 12.2. The number of nitrogens with zero attached hydrogens (tertiary/aromatic N) is 2. The van der Waals surface area contributed by atoms with Crippen LogP contribution in [0.15, 0.2) is 70.6 Å². The smallest absolute Gasteiger partial charge is 0.262 e. The number of aliphatic hydroxyl groups excluding tert-OH is 2. The normalized spacial score (nSPS) is 14.8. The van der Waals surface area contributed by atoms with E-state index in [0.717, 1.165) is 42.3 Å². The highest BCUT2D eigenvalue weighted by Gasteiger charge is 2.24. The Kier molecular flexibility index (Phi) is 7.72. The van der Waals surface area contributed by atoms with Gasteiger partial charge in [0.05, 0.1) is 31.5 Å². The van der Waals surface area contributed by atoms with E-state index in [0.29, 0.717) is 13.1 Å². The van der Waals surface area contributed by atoms with Crippen LogP contribution in [-0.4, -0.2) is 44.2 Å². The molecule has 0 aliphatic carbocycles. The molecule has 0 bridgehead atoms. The Balaban J connectivity index is 1.53. The molecule has 1 aliphatic heterocycles. The van der Waals surface area contributed by atoms with Crippen LogP contribution in [0, 0.1) is 0 Å². The van der Waals surface area contributed by atoms with Crippen molar-refractivity contribution in [3.63, 3.8) is 0 Å². The van der Waals surface area contributed by atoms with Crippen LogP contribution in [-0.2, 0) is 6.54 Å². The topological polar surface area (TPSA) is 66.0 Å². The summed E-state index contributed by atoms with van der Waals surface area (Å²) in [7, 11) is 3.33. The van der Waals surface area contributed by atoms with Gasteiger partial charge in [0.15, 0.2) is 6.54 Å². The van der Waals surface area contributed by atoms with Gasteiger partial charge in [0.25, 0.3) is 5.01 Å². The molecule has 1 aliphatic rings. The Morgan fingerprint density at radius 3 is 2.52 bits per heavy atom. The number of thiazole rings is 1. The molecular weight excluding hydrogens is 456 g/mol. The van der Waals surface area contributed by atoms with Crippen LogP contribution < -0.4 is 18.9 Å². The Hall–Kier alpha value is -2.78. The maximum Gasteiger partial charge on any atom is 0.262 e. The van der Waals surface area contributed by atoms with Gasteiger partial charge in [0.1, 0.15) is 22.8 Å². The predicted molar refractivity (Wildman–Crippen MR) is 135 cm³/mol. The second-order valence-electron chi connectivity index (χ2n) is 7.21. The van der Waals surface area contributed by atoms with Crippen LogP contribution in [0.4, 0.5) is 5.69 Å². The summed E-state index contributed by atoms with van der Waals surface area (Å²) >= 11 is 3.33. The minimum atomic E-state index is 0.0779. The molecule has 2 heterocycles. The number of hydrogen-bond donors (Lipinski definition) is 2. The minimum absolute atomic E-state index is 0.0779. The van der Waals surface area contributed by atoms with Crippen LogP contribution in [0.2, 0.25) is 0 Å². The Morgan fingerprint density at radius 1 is 0.970 bits per heavy atom. The first-order chi connectivity index (χ1) is 16.2. The van der Waals surface area contributed by atoms with Crippen LogP contribution in [0.1, 0.15) is 5.01 Å². The van der Waals surface area contributed by atoms with E-state index in [9.17, 15) is 10.2 Å². The fourth-order valence-electron chi connectivity index (χ4n) is 3.67. The van der Waals surface area contributed by atoms with Crippen molar-refractivity contribution in [3.8, 4) is 11.5 Å². The van der Waals surface area contributed by atoms with Crippen molar-refractivity contribution in [1.82, 2.24) is 0 Å². The van der Waals surface area contributed by atoms with Gasteiger partial charge < -0.3 is 24.6 Å². The number of allylic oxidation sites excluding steroid dienone is 4. The summed E-state index contributed by atoms with van der Waals surface area (Å²) in [5.41, 5.74) is 2.16. The second kappa shape index (κ2) is 10.9. The zero-order chi connectivity index (χ0) is 23.2. The third kappa shape index (κ3) is 5.09. The number of anilines is 1. The van der Waals surface area contributed by atoms with E-state index < -0.39 is 0 Å². The first-order valence-electron chi connectivity index (χ1n) is 10.6. The molecule has 6 nitrogen and oxygen atoms in total. The highest BCUT2D eigenvalue weighted by Crippen LogP contribution is 2.47. The minimum Gasteiger partial charge on any atom is -0.497 e. The van der Waals surface area contributed by atoms with Crippen molar-refractivity contribution in [3.05, 3.63) is 70.7 Å². The van der Waals surface area contributed by atoms with Crippen molar-refractivity contribution in [2.45, 2.75) is 11.4 Å². The lowest BCUT2D eigenvalue weighted by Gasteiger charge is -2.18. The standard InChI is InChI=1S/C25H27N2O4S2/c1-30-18-8-10-20-22(16-18)32-24(26(20)12-14-28)6-4-3-5-7-25-27(13-15-29)21-11-9-19(31-2)17-23(21)33-25/h3-11,16-17,28-29H,12-15H2,1-2H3/q+1. The largest absolute Gasteiger partial charge is 0.497 e. The molecule has 0 spiro atoms. The lowest BCUT2D eigenvalue weighted by atomic mass is 10.2. The summed E-state index contributed by atoms with van der Waals surface area (Å²) < 4.78 is 13.9. The van der Waals surface area contributed by atoms with Gasteiger partial charge >= 0.3 is 0 Å². The van der Waals surface area contributed by atoms with Crippen molar-refractivity contribution in [2.75, 3.05) is 38.9 Å². The fraction of sp³-hybridized carbons (Fsp3) is 0.240. The number of benzene rings is 2. The number of hydrogen-bond acceptors (Lipinski definition) is 7. The van der Waals surface area contributed by atoms with Gasteiger partial charge in [-0.25, -0.2) is 0 Å². The van der Waals surface area contributed by atoms with Gasteiger partial charge in [-0.3, -0.25) is 0 Å². The van der Waals surface area contributed by atoms with E-state index in [2.05, 4.69) is 21.6 Å². The van der Waals surface area contributed by atoms with Crippen LogP contribution in [0.5, 0.6) is 11.5 Å². The van der Waals surface area contributed by atoms with Crippen molar-refractivity contribution >= 4 is 45.1 Å². The SMILES string of the molecule is COc1ccc2c(c1)S/C(=C/C=C/C=C/c1sc3cc(OC)ccc3[n+]1CCO)N2CCO. The highest BCUT2D eigenvalue weighted by molar-refractivity contribution is 8.03. The van der Waals surface area contributed by atoms with Gasteiger partial charge in [-0.05, 0) is 30.3 Å². The molecule has 2 N–H and O–H groups in total. The Labute approximate surface area is 201 Å². The van der Waals surface area contributed by atoms with Gasteiger partial charge in [0.2, 0.25) is 5.52 Å². The average Bonchev–Trinajstić information content (AvgIpc) is 3.36.